The largest absolute Gasteiger partial charge is 0.392 e. The number of hydrogen-bond donors (Lipinski definition) is 0. The Balaban J connectivity index is 2.86. The SMILES string of the molecule is CO[C@H]1C[C@H](C)[C@@H](O[Si](C)(C)C(C)(C)C)O[C@@H]1[C@@H](C)C=O. The normalized spacial score (nSPS) is 32.8. The number of ether oxygens (including phenoxy) is 2. The van der Waals surface area contributed by atoms with Crippen LogP contribution >= 0.6 is 0 Å². The van der Waals surface area contributed by atoms with Gasteiger partial charge in [-0.1, -0.05) is 34.6 Å². The molecule has 5 heteroatoms. The molecule has 0 spiro atoms. The fourth-order valence-corrected chi connectivity index (χ4v) is 3.59. The molecule has 1 fully saturated rings. The summed E-state index contributed by atoms with van der Waals surface area (Å²) >= 11 is 0. The molecule has 1 aliphatic rings. The van der Waals surface area contributed by atoms with Gasteiger partial charge in [-0.25, -0.2) is 0 Å². The highest BCUT2D eigenvalue weighted by Crippen LogP contribution is 2.40. The summed E-state index contributed by atoms with van der Waals surface area (Å²) in [4.78, 5) is 11.1. The minimum absolute atomic E-state index is 0.0422. The summed E-state index contributed by atoms with van der Waals surface area (Å²) in [6.07, 6.45) is 1.29. The molecule has 124 valence electrons. The van der Waals surface area contributed by atoms with Gasteiger partial charge in [-0.3, -0.25) is 0 Å². The summed E-state index contributed by atoms with van der Waals surface area (Å²) in [6.45, 7) is 15.1. The van der Waals surface area contributed by atoms with Gasteiger partial charge < -0.3 is 18.7 Å². The molecule has 0 radical (unpaired) electrons. The highest BCUT2D eigenvalue weighted by atomic mass is 28.4. The Kier molecular flexibility index (Phi) is 6.18. The highest BCUT2D eigenvalue weighted by molar-refractivity contribution is 6.74. The van der Waals surface area contributed by atoms with Crippen molar-refractivity contribution >= 4 is 14.6 Å². The molecule has 0 unspecified atom stereocenters. The van der Waals surface area contributed by atoms with Crippen LogP contribution < -0.4 is 0 Å². The Morgan fingerprint density at radius 1 is 1.33 bits per heavy atom. The molecule has 0 aromatic carbocycles. The van der Waals surface area contributed by atoms with Gasteiger partial charge in [-0.2, -0.15) is 0 Å². The van der Waals surface area contributed by atoms with Crippen molar-refractivity contribution in [2.75, 3.05) is 7.11 Å². The van der Waals surface area contributed by atoms with Crippen LogP contribution in [0.3, 0.4) is 0 Å². The van der Waals surface area contributed by atoms with E-state index in [2.05, 4.69) is 40.8 Å². The first-order chi connectivity index (χ1) is 9.53. The molecular formula is C16H32O4Si. The van der Waals surface area contributed by atoms with E-state index in [0.717, 1.165) is 12.7 Å². The zero-order valence-electron chi connectivity index (χ0n) is 14.8. The number of hydrogen-bond acceptors (Lipinski definition) is 4. The molecular weight excluding hydrogens is 284 g/mol. The minimum atomic E-state index is -1.90. The third-order valence-corrected chi connectivity index (χ3v) is 9.41. The van der Waals surface area contributed by atoms with Crippen LogP contribution in [0.1, 0.15) is 41.0 Å². The summed E-state index contributed by atoms with van der Waals surface area (Å²) in [5.74, 6) is 0.0761. The Morgan fingerprint density at radius 2 is 1.90 bits per heavy atom. The van der Waals surface area contributed by atoms with Gasteiger partial charge in [0.1, 0.15) is 6.29 Å². The van der Waals surface area contributed by atoms with Crippen LogP contribution in [0.25, 0.3) is 0 Å². The summed E-state index contributed by atoms with van der Waals surface area (Å²) in [6, 6.07) is 0. The number of rotatable bonds is 5. The van der Waals surface area contributed by atoms with Gasteiger partial charge in [-0.05, 0) is 24.6 Å². The van der Waals surface area contributed by atoms with Crippen molar-refractivity contribution in [3.8, 4) is 0 Å². The fourth-order valence-electron chi connectivity index (χ4n) is 2.37. The van der Waals surface area contributed by atoms with E-state index in [4.69, 9.17) is 13.9 Å². The van der Waals surface area contributed by atoms with E-state index in [1.807, 2.05) is 6.92 Å². The first kappa shape index (κ1) is 18.8. The fraction of sp³-hybridized carbons (Fsp3) is 0.938. The lowest BCUT2D eigenvalue weighted by molar-refractivity contribution is -0.230. The van der Waals surface area contributed by atoms with Crippen molar-refractivity contribution in [2.45, 2.75) is 77.7 Å². The summed E-state index contributed by atoms with van der Waals surface area (Å²) in [5.41, 5.74) is 0. The van der Waals surface area contributed by atoms with Crippen LogP contribution in [0.5, 0.6) is 0 Å². The maximum absolute atomic E-state index is 11.1. The third-order valence-electron chi connectivity index (χ3n) is 4.98. The zero-order chi connectivity index (χ0) is 16.4. The zero-order valence-corrected chi connectivity index (χ0v) is 15.8. The molecule has 1 heterocycles. The predicted molar refractivity (Wildman–Crippen MR) is 86.7 cm³/mol. The molecule has 0 aromatic rings. The quantitative estimate of drug-likeness (QED) is 0.574. The molecule has 1 aliphatic heterocycles. The second-order valence-electron chi connectivity index (χ2n) is 7.83. The topological polar surface area (TPSA) is 44.8 Å². The average molecular weight is 317 g/mol. The van der Waals surface area contributed by atoms with E-state index < -0.39 is 8.32 Å². The molecule has 1 rings (SSSR count). The molecule has 0 bridgehead atoms. The van der Waals surface area contributed by atoms with Crippen molar-refractivity contribution < 1.29 is 18.7 Å². The van der Waals surface area contributed by atoms with Crippen LogP contribution in [0.15, 0.2) is 0 Å². The summed E-state index contributed by atoms with van der Waals surface area (Å²) < 4.78 is 18.1. The maximum atomic E-state index is 11.1. The van der Waals surface area contributed by atoms with Gasteiger partial charge in [0.2, 0.25) is 0 Å². The second-order valence-corrected chi connectivity index (χ2v) is 12.6. The molecule has 0 aliphatic carbocycles. The van der Waals surface area contributed by atoms with E-state index >= 15 is 0 Å². The maximum Gasteiger partial charge on any atom is 0.195 e. The summed E-state index contributed by atoms with van der Waals surface area (Å²) in [7, 11) is -0.214. The lowest BCUT2D eigenvalue weighted by Gasteiger charge is -2.46. The van der Waals surface area contributed by atoms with Gasteiger partial charge >= 0.3 is 0 Å². The van der Waals surface area contributed by atoms with Crippen molar-refractivity contribution in [1.82, 2.24) is 0 Å². The van der Waals surface area contributed by atoms with Crippen molar-refractivity contribution in [3.63, 3.8) is 0 Å². The second kappa shape index (κ2) is 6.90. The Labute approximate surface area is 130 Å². The van der Waals surface area contributed by atoms with E-state index in [9.17, 15) is 4.79 Å². The molecule has 0 N–H and O–H groups in total. The predicted octanol–water partition coefficient (Wildman–Crippen LogP) is 3.61. The third kappa shape index (κ3) is 4.37. The summed E-state index contributed by atoms with van der Waals surface area (Å²) in [5, 5.41) is 0.139. The highest BCUT2D eigenvalue weighted by Gasteiger charge is 2.45. The Bertz CT molecular complexity index is 351. The van der Waals surface area contributed by atoms with E-state index in [1.165, 1.54) is 0 Å². The van der Waals surface area contributed by atoms with Crippen LogP contribution in [0, 0.1) is 11.8 Å². The smallest absolute Gasteiger partial charge is 0.195 e. The average Bonchev–Trinajstić information content (AvgIpc) is 2.38. The first-order valence-corrected chi connectivity index (χ1v) is 10.8. The van der Waals surface area contributed by atoms with Gasteiger partial charge in [0.05, 0.1) is 12.2 Å². The number of carbonyl (C=O) groups excluding carboxylic acids is 1. The van der Waals surface area contributed by atoms with Crippen molar-refractivity contribution in [1.29, 1.82) is 0 Å². The standard InChI is InChI=1S/C16H32O4Si/c1-11-9-13(18-6)14(12(2)10-17)19-15(11)20-21(7,8)16(3,4)5/h10-15H,9H2,1-8H3/t11-,12-,13-,14+,15+/m0/s1. The minimum Gasteiger partial charge on any atom is -0.392 e. The molecule has 0 saturated carbocycles. The van der Waals surface area contributed by atoms with Crippen LogP contribution in [0.4, 0.5) is 0 Å². The van der Waals surface area contributed by atoms with Crippen LogP contribution in [-0.4, -0.2) is 40.2 Å². The first-order valence-electron chi connectivity index (χ1n) is 7.85. The monoisotopic (exact) mass is 316 g/mol. The lowest BCUT2D eigenvalue weighted by Crippen LogP contribution is -2.53. The van der Waals surface area contributed by atoms with Crippen LogP contribution in [-0.2, 0) is 18.7 Å². The Morgan fingerprint density at radius 3 is 2.33 bits per heavy atom. The van der Waals surface area contributed by atoms with Crippen molar-refractivity contribution in [2.24, 2.45) is 11.8 Å². The molecule has 4 nitrogen and oxygen atoms in total. The molecule has 1 saturated heterocycles. The van der Waals surface area contributed by atoms with Gasteiger partial charge in [0.15, 0.2) is 14.6 Å². The van der Waals surface area contributed by atoms with E-state index in [-0.39, 0.29) is 35.4 Å². The molecule has 0 amide bonds. The van der Waals surface area contributed by atoms with Gasteiger partial charge in [0.25, 0.3) is 0 Å². The number of carbonyl (C=O) groups is 1. The number of aldehydes is 1. The van der Waals surface area contributed by atoms with Crippen molar-refractivity contribution in [3.05, 3.63) is 0 Å². The molecule has 5 atom stereocenters. The number of methoxy groups -OCH3 is 1. The van der Waals surface area contributed by atoms with E-state index in [0.29, 0.717) is 0 Å². The Hall–Kier alpha value is -0.233. The molecule has 0 aromatic heterocycles. The van der Waals surface area contributed by atoms with E-state index in [1.54, 1.807) is 7.11 Å². The van der Waals surface area contributed by atoms with Gasteiger partial charge in [0, 0.05) is 18.9 Å². The lowest BCUT2D eigenvalue weighted by atomic mass is 9.90. The molecule has 21 heavy (non-hydrogen) atoms. The van der Waals surface area contributed by atoms with Crippen LogP contribution in [0.2, 0.25) is 18.1 Å². The van der Waals surface area contributed by atoms with Gasteiger partial charge in [-0.15, -0.1) is 0 Å².